The summed E-state index contributed by atoms with van der Waals surface area (Å²) in [5.41, 5.74) is 1.95. The fourth-order valence-electron chi connectivity index (χ4n) is 3.85. The van der Waals surface area contributed by atoms with Crippen LogP contribution in [0, 0.1) is 11.7 Å². The van der Waals surface area contributed by atoms with Gasteiger partial charge in [-0.1, -0.05) is 12.1 Å². The Labute approximate surface area is 171 Å². The Morgan fingerprint density at radius 3 is 2.66 bits per heavy atom. The van der Waals surface area contributed by atoms with Crippen molar-refractivity contribution in [3.8, 4) is 11.5 Å². The number of nitrogens with zero attached hydrogens (tertiary/aromatic N) is 1. The van der Waals surface area contributed by atoms with Crippen molar-refractivity contribution >= 4 is 5.91 Å². The lowest BCUT2D eigenvalue weighted by atomic mass is 9.95. The Morgan fingerprint density at radius 2 is 1.97 bits per heavy atom. The third kappa shape index (κ3) is 5.48. The van der Waals surface area contributed by atoms with E-state index in [0.717, 1.165) is 48.6 Å². The van der Waals surface area contributed by atoms with E-state index in [4.69, 9.17) is 9.47 Å². The molecule has 0 unspecified atom stereocenters. The maximum atomic E-state index is 13.1. The van der Waals surface area contributed by atoms with Crippen LogP contribution in [0.4, 0.5) is 4.39 Å². The normalized spacial score (nSPS) is 18.1. The first-order valence-corrected chi connectivity index (χ1v) is 9.99. The summed E-state index contributed by atoms with van der Waals surface area (Å²) >= 11 is 0. The predicted molar refractivity (Wildman–Crippen MR) is 111 cm³/mol. The molecule has 3 rings (SSSR count). The van der Waals surface area contributed by atoms with Crippen LogP contribution in [0.3, 0.4) is 0 Å². The first-order chi connectivity index (χ1) is 14.0. The maximum absolute atomic E-state index is 13.1. The van der Waals surface area contributed by atoms with Crippen molar-refractivity contribution in [1.82, 2.24) is 10.2 Å². The molecule has 1 fully saturated rings. The van der Waals surface area contributed by atoms with E-state index in [1.54, 1.807) is 26.4 Å². The van der Waals surface area contributed by atoms with E-state index in [2.05, 4.69) is 10.2 Å². The molecule has 1 N–H and O–H groups in total. The van der Waals surface area contributed by atoms with E-state index < -0.39 is 0 Å². The van der Waals surface area contributed by atoms with Crippen LogP contribution in [-0.4, -0.2) is 38.1 Å². The molecule has 2 atom stereocenters. The topological polar surface area (TPSA) is 50.8 Å². The van der Waals surface area contributed by atoms with Gasteiger partial charge in [-0.3, -0.25) is 9.69 Å². The average molecular weight is 400 g/mol. The summed E-state index contributed by atoms with van der Waals surface area (Å²) in [6.45, 7) is 4.32. The number of amides is 1. The number of hydrogen-bond acceptors (Lipinski definition) is 4. The standard InChI is InChI=1S/C23H29FN2O3/c1-16(21-13-20(28-2)10-11-22(21)29-3)25-23(27)18-5-4-12-26(15-18)14-17-6-8-19(24)9-7-17/h6-11,13,16,18H,4-5,12,14-15H2,1-3H3,(H,25,27)/t16-,18-/m0/s1. The summed E-state index contributed by atoms with van der Waals surface area (Å²) in [4.78, 5) is 15.2. The van der Waals surface area contributed by atoms with Crippen molar-refractivity contribution in [2.45, 2.75) is 32.4 Å². The average Bonchev–Trinajstić information content (AvgIpc) is 2.75. The number of likely N-dealkylation sites (tertiary alicyclic amines) is 1. The van der Waals surface area contributed by atoms with E-state index in [1.165, 1.54) is 12.1 Å². The molecular formula is C23H29FN2O3. The summed E-state index contributed by atoms with van der Waals surface area (Å²) in [6.07, 6.45) is 1.84. The van der Waals surface area contributed by atoms with Gasteiger partial charge in [-0.2, -0.15) is 0 Å². The highest BCUT2D eigenvalue weighted by Gasteiger charge is 2.27. The molecule has 1 aliphatic heterocycles. The third-order valence-electron chi connectivity index (χ3n) is 5.46. The quantitative estimate of drug-likeness (QED) is 0.765. The van der Waals surface area contributed by atoms with Crippen LogP contribution in [0.5, 0.6) is 11.5 Å². The molecule has 1 aliphatic rings. The van der Waals surface area contributed by atoms with E-state index >= 15 is 0 Å². The van der Waals surface area contributed by atoms with Gasteiger partial charge in [0.05, 0.1) is 26.2 Å². The van der Waals surface area contributed by atoms with Gasteiger partial charge in [-0.15, -0.1) is 0 Å². The molecule has 2 aromatic carbocycles. The first kappa shape index (κ1) is 21.1. The number of ether oxygens (including phenoxy) is 2. The lowest BCUT2D eigenvalue weighted by molar-refractivity contribution is -0.127. The molecule has 156 valence electrons. The third-order valence-corrected chi connectivity index (χ3v) is 5.46. The molecule has 0 spiro atoms. The molecule has 0 radical (unpaired) electrons. The highest BCUT2D eigenvalue weighted by Crippen LogP contribution is 2.30. The summed E-state index contributed by atoms with van der Waals surface area (Å²) in [5.74, 6) is 1.20. The predicted octanol–water partition coefficient (Wildman–Crippen LogP) is 3.93. The number of nitrogens with one attached hydrogen (secondary N) is 1. The van der Waals surface area contributed by atoms with Gasteiger partial charge >= 0.3 is 0 Å². The number of rotatable bonds is 7. The number of hydrogen-bond donors (Lipinski definition) is 1. The van der Waals surface area contributed by atoms with Gasteiger partial charge in [0.25, 0.3) is 0 Å². The van der Waals surface area contributed by atoms with Gasteiger partial charge in [0, 0.05) is 18.7 Å². The Bertz CT molecular complexity index is 825. The molecule has 6 heteroatoms. The van der Waals surface area contributed by atoms with Crippen molar-refractivity contribution in [3.63, 3.8) is 0 Å². The maximum Gasteiger partial charge on any atom is 0.224 e. The zero-order chi connectivity index (χ0) is 20.8. The second-order valence-electron chi connectivity index (χ2n) is 7.54. The van der Waals surface area contributed by atoms with Crippen LogP contribution in [0.15, 0.2) is 42.5 Å². The zero-order valence-corrected chi connectivity index (χ0v) is 17.3. The molecule has 0 aliphatic carbocycles. The molecule has 1 amide bonds. The van der Waals surface area contributed by atoms with E-state index in [9.17, 15) is 9.18 Å². The second-order valence-corrected chi connectivity index (χ2v) is 7.54. The van der Waals surface area contributed by atoms with Gasteiger partial charge in [-0.05, 0) is 62.2 Å². The Hall–Kier alpha value is -2.60. The smallest absolute Gasteiger partial charge is 0.224 e. The van der Waals surface area contributed by atoms with Crippen LogP contribution < -0.4 is 14.8 Å². The fourth-order valence-corrected chi connectivity index (χ4v) is 3.85. The number of halogens is 1. The minimum absolute atomic E-state index is 0.0474. The van der Waals surface area contributed by atoms with E-state index in [1.807, 2.05) is 25.1 Å². The Morgan fingerprint density at radius 1 is 1.21 bits per heavy atom. The molecule has 2 aromatic rings. The van der Waals surface area contributed by atoms with Crippen LogP contribution in [0.25, 0.3) is 0 Å². The SMILES string of the molecule is COc1ccc(OC)c([C@H](C)NC(=O)[C@H]2CCCN(Cc3ccc(F)cc3)C2)c1. The molecule has 0 aromatic heterocycles. The van der Waals surface area contributed by atoms with E-state index in [0.29, 0.717) is 6.54 Å². The molecule has 29 heavy (non-hydrogen) atoms. The monoisotopic (exact) mass is 400 g/mol. The lowest BCUT2D eigenvalue weighted by Gasteiger charge is -2.32. The van der Waals surface area contributed by atoms with Crippen molar-refractivity contribution in [1.29, 1.82) is 0 Å². The second kappa shape index (κ2) is 9.74. The summed E-state index contributed by atoms with van der Waals surface area (Å²) < 4.78 is 23.9. The van der Waals surface area contributed by atoms with Gasteiger partial charge < -0.3 is 14.8 Å². The van der Waals surface area contributed by atoms with Crippen molar-refractivity contribution in [2.24, 2.45) is 5.92 Å². The van der Waals surface area contributed by atoms with Crippen molar-refractivity contribution < 1.29 is 18.7 Å². The van der Waals surface area contributed by atoms with Crippen LogP contribution in [0.1, 0.15) is 36.9 Å². The molecule has 0 saturated carbocycles. The van der Waals surface area contributed by atoms with Crippen LogP contribution in [0.2, 0.25) is 0 Å². The van der Waals surface area contributed by atoms with Crippen molar-refractivity contribution in [3.05, 3.63) is 59.4 Å². The largest absolute Gasteiger partial charge is 0.497 e. The molecular weight excluding hydrogens is 371 g/mol. The van der Waals surface area contributed by atoms with Gasteiger partial charge in [-0.25, -0.2) is 4.39 Å². The summed E-state index contributed by atoms with van der Waals surface area (Å²) in [6, 6.07) is 11.9. The minimum atomic E-state index is -0.230. The zero-order valence-electron chi connectivity index (χ0n) is 17.3. The number of carbonyl (C=O) groups excluding carboxylic acids is 1. The number of piperidine rings is 1. The Kier molecular flexibility index (Phi) is 7.09. The molecule has 1 heterocycles. The highest BCUT2D eigenvalue weighted by molar-refractivity contribution is 5.79. The van der Waals surface area contributed by atoms with Gasteiger partial charge in [0.2, 0.25) is 5.91 Å². The first-order valence-electron chi connectivity index (χ1n) is 9.99. The van der Waals surface area contributed by atoms with Gasteiger partial charge in [0.15, 0.2) is 0 Å². The van der Waals surface area contributed by atoms with Gasteiger partial charge in [0.1, 0.15) is 17.3 Å². The Balaban J connectivity index is 1.62. The number of methoxy groups -OCH3 is 2. The fraction of sp³-hybridized carbons (Fsp3) is 0.435. The number of benzene rings is 2. The van der Waals surface area contributed by atoms with E-state index in [-0.39, 0.29) is 23.7 Å². The number of carbonyl (C=O) groups is 1. The minimum Gasteiger partial charge on any atom is -0.497 e. The van der Waals surface area contributed by atoms with Crippen LogP contribution in [-0.2, 0) is 11.3 Å². The summed E-state index contributed by atoms with van der Waals surface area (Å²) in [7, 11) is 3.24. The highest BCUT2D eigenvalue weighted by atomic mass is 19.1. The molecule has 0 bridgehead atoms. The van der Waals surface area contributed by atoms with Crippen LogP contribution >= 0.6 is 0 Å². The molecule has 1 saturated heterocycles. The summed E-state index contributed by atoms with van der Waals surface area (Å²) in [5, 5.41) is 3.13. The van der Waals surface area contributed by atoms with Crippen molar-refractivity contribution in [2.75, 3.05) is 27.3 Å². The molecule has 5 nitrogen and oxygen atoms in total. The lowest BCUT2D eigenvalue weighted by Crippen LogP contribution is -2.43.